The number of likely N-dealkylation sites (N-methyl/N-ethyl adjacent to an activating group) is 1. The van der Waals surface area contributed by atoms with Crippen LogP contribution >= 0.6 is 15.9 Å². The number of hydrogen-bond donors (Lipinski definition) is 1. The minimum absolute atomic E-state index is 0.239. The second-order valence-electron chi connectivity index (χ2n) is 5.15. The monoisotopic (exact) mass is 347 g/mol. The van der Waals surface area contributed by atoms with Gasteiger partial charge in [-0.3, -0.25) is 0 Å². The van der Waals surface area contributed by atoms with Crippen LogP contribution in [0.2, 0.25) is 0 Å². The SMILES string of the molecule is CCNC(Cc1ccccc1Br)c1cc(C)ccc1OC. The summed E-state index contributed by atoms with van der Waals surface area (Å²) in [7, 11) is 1.73. The molecule has 0 aliphatic heterocycles. The third kappa shape index (κ3) is 4.08. The van der Waals surface area contributed by atoms with E-state index in [0.29, 0.717) is 0 Å². The van der Waals surface area contributed by atoms with Crippen LogP contribution in [0.3, 0.4) is 0 Å². The van der Waals surface area contributed by atoms with Gasteiger partial charge in [0.1, 0.15) is 5.75 Å². The molecule has 2 rings (SSSR count). The fraction of sp³-hybridized carbons (Fsp3) is 0.333. The fourth-order valence-electron chi connectivity index (χ4n) is 2.55. The summed E-state index contributed by atoms with van der Waals surface area (Å²) in [6.45, 7) is 5.17. The topological polar surface area (TPSA) is 21.3 Å². The number of benzene rings is 2. The van der Waals surface area contributed by atoms with Crippen LogP contribution in [-0.4, -0.2) is 13.7 Å². The first-order valence-electron chi connectivity index (χ1n) is 7.27. The largest absolute Gasteiger partial charge is 0.496 e. The quantitative estimate of drug-likeness (QED) is 0.820. The minimum Gasteiger partial charge on any atom is -0.496 e. The van der Waals surface area contributed by atoms with Crippen LogP contribution in [0.4, 0.5) is 0 Å². The number of ether oxygens (including phenoxy) is 1. The lowest BCUT2D eigenvalue weighted by Gasteiger charge is -2.22. The molecule has 1 unspecified atom stereocenters. The number of aryl methyl sites for hydroxylation is 1. The zero-order valence-corrected chi connectivity index (χ0v) is 14.4. The molecule has 0 aliphatic carbocycles. The minimum atomic E-state index is 0.239. The number of halogens is 1. The number of nitrogens with one attached hydrogen (secondary N) is 1. The van der Waals surface area contributed by atoms with Gasteiger partial charge in [-0.05, 0) is 37.6 Å². The number of rotatable bonds is 6. The molecule has 0 aliphatic rings. The molecule has 0 saturated heterocycles. The summed E-state index contributed by atoms with van der Waals surface area (Å²) in [5.74, 6) is 0.943. The summed E-state index contributed by atoms with van der Waals surface area (Å²) < 4.78 is 6.70. The van der Waals surface area contributed by atoms with E-state index in [1.807, 2.05) is 6.07 Å². The van der Waals surface area contributed by atoms with E-state index in [4.69, 9.17) is 4.74 Å². The second kappa shape index (κ2) is 7.62. The van der Waals surface area contributed by atoms with Gasteiger partial charge < -0.3 is 10.1 Å². The van der Waals surface area contributed by atoms with E-state index >= 15 is 0 Å². The first-order valence-corrected chi connectivity index (χ1v) is 8.06. The van der Waals surface area contributed by atoms with E-state index in [1.165, 1.54) is 16.7 Å². The zero-order valence-electron chi connectivity index (χ0n) is 12.8. The highest BCUT2D eigenvalue weighted by Crippen LogP contribution is 2.30. The van der Waals surface area contributed by atoms with Crippen molar-refractivity contribution in [1.29, 1.82) is 0 Å². The van der Waals surface area contributed by atoms with Gasteiger partial charge in [-0.15, -0.1) is 0 Å². The molecule has 3 heteroatoms. The van der Waals surface area contributed by atoms with Crippen LogP contribution in [-0.2, 0) is 6.42 Å². The van der Waals surface area contributed by atoms with Gasteiger partial charge in [0.2, 0.25) is 0 Å². The Kier molecular flexibility index (Phi) is 5.83. The molecular weight excluding hydrogens is 326 g/mol. The van der Waals surface area contributed by atoms with Crippen LogP contribution in [0.5, 0.6) is 5.75 Å². The molecule has 0 amide bonds. The maximum atomic E-state index is 5.54. The van der Waals surface area contributed by atoms with E-state index in [9.17, 15) is 0 Å². The fourth-order valence-corrected chi connectivity index (χ4v) is 3.00. The van der Waals surface area contributed by atoms with E-state index in [2.05, 4.69) is 71.5 Å². The molecule has 0 saturated carbocycles. The molecule has 2 aromatic carbocycles. The van der Waals surface area contributed by atoms with Crippen molar-refractivity contribution in [2.24, 2.45) is 0 Å². The van der Waals surface area contributed by atoms with Crippen molar-refractivity contribution in [3.63, 3.8) is 0 Å². The second-order valence-corrected chi connectivity index (χ2v) is 6.01. The Balaban J connectivity index is 2.35. The van der Waals surface area contributed by atoms with Gasteiger partial charge in [0.05, 0.1) is 7.11 Å². The molecule has 0 aromatic heterocycles. The Morgan fingerprint density at radius 3 is 2.62 bits per heavy atom. The average molecular weight is 348 g/mol. The zero-order chi connectivity index (χ0) is 15.2. The number of hydrogen-bond acceptors (Lipinski definition) is 2. The lowest BCUT2D eigenvalue weighted by molar-refractivity contribution is 0.399. The van der Waals surface area contributed by atoms with Gasteiger partial charge in [-0.25, -0.2) is 0 Å². The highest BCUT2D eigenvalue weighted by molar-refractivity contribution is 9.10. The lowest BCUT2D eigenvalue weighted by atomic mass is 9.96. The van der Waals surface area contributed by atoms with Gasteiger partial charge >= 0.3 is 0 Å². The molecule has 2 aromatic rings. The smallest absolute Gasteiger partial charge is 0.123 e. The van der Waals surface area contributed by atoms with Crippen LogP contribution < -0.4 is 10.1 Å². The molecule has 21 heavy (non-hydrogen) atoms. The standard InChI is InChI=1S/C18H22BrNO/c1-4-20-17(12-14-7-5-6-8-16(14)19)15-11-13(2)9-10-18(15)21-3/h5-11,17,20H,4,12H2,1-3H3. The van der Waals surface area contributed by atoms with Crippen molar-refractivity contribution in [3.8, 4) is 5.75 Å². The van der Waals surface area contributed by atoms with Gasteiger partial charge in [0, 0.05) is 16.1 Å². The molecule has 0 radical (unpaired) electrons. The molecule has 0 spiro atoms. The average Bonchev–Trinajstić information content (AvgIpc) is 2.49. The molecule has 2 nitrogen and oxygen atoms in total. The third-order valence-corrected chi connectivity index (χ3v) is 4.37. The predicted octanol–water partition coefficient (Wildman–Crippen LogP) is 4.66. The molecular formula is C18H22BrNO. The summed E-state index contributed by atoms with van der Waals surface area (Å²) in [6, 6.07) is 15.0. The van der Waals surface area contributed by atoms with Crippen molar-refractivity contribution in [2.45, 2.75) is 26.3 Å². The van der Waals surface area contributed by atoms with Crippen molar-refractivity contribution in [1.82, 2.24) is 5.32 Å². The summed E-state index contributed by atoms with van der Waals surface area (Å²) in [5.41, 5.74) is 3.77. The highest BCUT2D eigenvalue weighted by Gasteiger charge is 2.17. The molecule has 0 bridgehead atoms. The Bertz CT molecular complexity index is 598. The Morgan fingerprint density at radius 1 is 1.19 bits per heavy atom. The Morgan fingerprint density at radius 2 is 1.95 bits per heavy atom. The van der Waals surface area contributed by atoms with Crippen molar-refractivity contribution < 1.29 is 4.74 Å². The summed E-state index contributed by atoms with van der Waals surface area (Å²) in [6.07, 6.45) is 0.926. The third-order valence-electron chi connectivity index (χ3n) is 3.59. The summed E-state index contributed by atoms with van der Waals surface area (Å²) >= 11 is 3.64. The van der Waals surface area contributed by atoms with E-state index < -0.39 is 0 Å². The molecule has 1 atom stereocenters. The van der Waals surface area contributed by atoms with Crippen molar-refractivity contribution >= 4 is 15.9 Å². The van der Waals surface area contributed by atoms with E-state index in [0.717, 1.165) is 23.2 Å². The molecule has 0 fully saturated rings. The molecule has 1 N–H and O–H groups in total. The Labute approximate surface area is 135 Å². The molecule has 0 heterocycles. The van der Waals surface area contributed by atoms with Gasteiger partial charge in [-0.2, -0.15) is 0 Å². The van der Waals surface area contributed by atoms with Gasteiger partial charge in [0.25, 0.3) is 0 Å². The number of methoxy groups -OCH3 is 1. The first kappa shape index (κ1) is 16.1. The predicted molar refractivity (Wildman–Crippen MR) is 92.0 cm³/mol. The lowest BCUT2D eigenvalue weighted by Crippen LogP contribution is -2.23. The van der Waals surface area contributed by atoms with Crippen LogP contribution in [0.1, 0.15) is 29.7 Å². The summed E-state index contributed by atoms with van der Waals surface area (Å²) in [5, 5.41) is 3.58. The van der Waals surface area contributed by atoms with Crippen LogP contribution in [0.15, 0.2) is 46.9 Å². The molecule has 112 valence electrons. The maximum absolute atomic E-state index is 5.54. The van der Waals surface area contributed by atoms with Gasteiger partial charge in [-0.1, -0.05) is 58.7 Å². The van der Waals surface area contributed by atoms with Crippen LogP contribution in [0.25, 0.3) is 0 Å². The van der Waals surface area contributed by atoms with E-state index in [-0.39, 0.29) is 6.04 Å². The van der Waals surface area contributed by atoms with Crippen molar-refractivity contribution in [2.75, 3.05) is 13.7 Å². The normalized spacial score (nSPS) is 12.2. The highest BCUT2D eigenvalue weighted by atomic mass is 79.9. The van der Waals surface area contributed by atoms with Crippen LogP contribution in [0, 0.1) is 6.92 Å². The summed E-state index contributed by atoms with van der Waals surface area (Å²) in [4.78, 5) is 0. The van der Waals surface area contributed by atoms with Gasteiger partial charge in [0.15, 0.2) is 0 Å². The first-order chi connectivity index (χ1) is 10.2. The maximum Gasteiger partial charge on any atom is 0.123 e. The van der Waals surface area contributed by atoms with Crippen molar-refractivity contribution in [3.05, 3.63) is 63.6 Å². The Hall–Kier alpha value is -1.32. The van der Waals surface area contributed by atoms with E-state index in [1.54, 1.807) is 7.11 Å².